The smallest absolute Gasteiger partial charge is 0.163 e. The van der Waals surface area contributed by atoms with Crippen molar-refractivity contribution in [2.24, 2.45) is 11.8 Å². The van der Waals surface area contributed by atoms with Crippen LogP contribution in [0.5, 0.6) is 0 Å². The van der Waals surface area contributed by atoms with Crippen LogP contribution in [0.15, 0.2) is 0 Å². The summed E-state index contributed by atoms with van der Waals surface area (Å²) in [6, 6.07) is 0. The molecule has 0 heterocycles. The normalized spacial score (nSPS) is 34.1. The number of hydrogen-bond donors (Lipinski definition) is 1. The summed E-state index contributed by atoms with van der Waals surface area (Å²) in [5.41, 5.74) is 0.275. The molecule has 0 aromatic heterocycles. The highest BCUT2D eigenvalue weighted by molar-refractivity contribution is 6.28. The molecule has 0 radical (unpaired) electrons. The summed E-state index contributed by atoms with van der Waals surface area (Å²) in [4.78, 5) is 9.91. The fourth-order valence-corrected chi connectivity index (χ4v) is 0.843. The van der Waals surface area contributed by atoms with Crippen molar-refractivity contribution in [1.82, 2.24) is 0 Å². The zero-order valence-corrected chi connectivity index (χ0v) is 4.85. The van der Waals surface area contributed by atoms with Gasteiger partial charge in [0.15, 0.2) is 6.29 Å². The fourth-order valence-electron chi connectivity index (χ4n) is 0.843. The third-order valence-electron chi connectivity index (χ3n) is 1.64. The van der Waals surface area contributed by atoms with E-state index in [9.17, 15) is 4.79 Å². The van der Waals surface area contributed by atoms with E-state index >= 15 is 0 Å². The number of aldehydes is 1. The summed E-state index contributed by atoms with van der Waals surface area (Å²) in [5, 5.41) is 7.02. The van der Waals surface area contributed by atoms with Gasteiger partial charge >= 0.3 is 0 Å². The van der Waals surface area contributed by atoms with Crippen molar-refractivity contribution in [3.8, 4) is 0 Å². The zero-order chi connectivity index (χ0) is 6.15. The van der Waals surface area contributed by atoms with Crippen molar-refractivity contribution in [2.75, 3.05) is 0 Å². The first-order chi connectivity index (χ1) is 3.75. The van der Waals surface area contributed by atoms with Gasteiger partial charge in [0.05, 0.1) is 5.71 Å². The highest BCUT2D eigenvalue weighted by Crippen LogP contribution is 2.37. The first kappa shape index (κ1) is 5.48. The predicted octanol–water partition coefficient (Wildman–Crippen LogP) is 0.861. The average molecular weight is 111 g/mol. The van der Waals surface area contributed by atoms with Gasteiger partial charge in [-0.3, -0.25) is 4.79 Å². The molecule has 8 heavy (non-hydrogen) atoms. The van der Waals surface area contributed by atoms with Crippen LogP contribution in [0, 0.1) is 17.2 Å². The number of hydrogen-bond acceptors (Lipinski definition) is 2. The van der Waals surface area contributed by atoms with Gasteiger partial charge in [-0.2, -0.15) is 0 Å². The van der Waals surface area contributed by atoms with Crippen molar-refractivity contribution in [1.29, 1.82) is 5.41 Å². The van der Waals surface area contributed by atoms with Crippen LogP contribution in [-0.2, 0) is 4.79 Å². The standard InChI is InChI=1S/C6H9NO/c1-4-2-5(4)6(7)3-8/h3-5,7H,2H2,1H3. The van der Waals surface area contributed by atoms with Crippen LogP contribution in [-0.4, -0.2) is 12.0 Å². The van der Waals surface area contributed by atoms with Crippen LogP contribution in [0.25, 0.3) is 0 Å². The van der Waals surface area contributed by atoms with Gasteiger partial charge in [-0.1, -0.05) is 6.92 Å². The SMILES string of the molecule is CC1CC1C(=N)C=O. The first-order valence-corrected chi connectivity index (χ1v) is 2.79. The van der Waals surface area contributed by atoms with Gasteiger partial charge in [-0.05, 0) is 12.3 Å². The number of nitrogens with one attached hydrogen (secondary N) is 1. The summed E-state index contributed by atoms with van der Waals surface area (Å²) in [6.45, 7) is 2.06. The molecule has 2 nitrogen and oxygen atoms in total. The van der Waals surface area contributed by atoms with Gasteiger partial charge < -0.3 is 5.41 Å². The molecule has 1 aliphatic rings. The first-order valence-electron chi connectivity index (χ1n) is 2.79. The quantitative estimate of drug-likeness (QED) is 0.416. The van der Waals surface area contributed by atoms with E-state index in [1.165, 1.54) is 0 Å². The van der Waals surface area contributed by atoms with Gasteiger partial charge in [0.25, 0.3) is 0 Å². The Bertz CT molecular complexity index is 130. The minimum atomic E-state index is 0.275. The number of carbonyl (C=O) groups is 1. The van der Waals surface area contributed by atoms with Crippen molar-refractivity contribution in [2.45, 2.75) is 13.3 Å². The van der Waals surface area contributed by atoms with Crippen LogP contribution < -0.4 is 0 Å². The van der Waals surface area contributed by atoms with Crippen LogP contribution in [0.3, 0.4) is 0 Å². The Labute approximate surface area is 48.4 Å². The van der Waals surface area contributed by atoms with E-state index < -0.39 is 0 Å². The van der Waals surface area contributed by atoms with Gasteiger partial charge in [0.1, 0.15) is 0 Å². The Morgan fingerprint density at radius 1 is 1.88 bits per heavy atom. The molecular weight excluding hydrogens is 102 g/mol. The molecule has 1 rings (SSSR count). The monoisotopic (exact) mass is 111 g/mol. The van der Waals surface area contributed by atoms with Gasteiger partial charge in [0.2, 0.25) is 0 Å². The molecule has 0 spiro atoms. The van der Waals surface area contributed by atoms with E-state index in [4.69, 9.17) is 5.41 Å². The van der Waals surface area contributed by atoms with Gasteiger partial charge in [-0.25, -0.2) is 0 Å². The molecule has 1 N–H and O–H groups in total. The Morgan fingerprint density at radius 2 is 2.38 bits per heavy atom. The molecule has 2 atom stereocenters. The fraction of sp³-hybridized carbons (Fsp3) is 0.667. The van der Waals surface area contributed by atoms with E-state index in [1.54, 1.807) is 0 Å². The lowest BCUT2D eigenvalue weighted by Gasteiger charge is -1.84. The second-order valence-corrected chi connectivity index (χ2v) is 2.39. The van der Waals surface area contributed by atoms with Crippen molar-refractivity contribution >= 4 is 12.0 Å². The maximum Gasteiger partial charge on any atom is 0.163 e. The zero-order valence-electron chi connectivity index (χ0n) is 4.85. The molecule has 2 unspecified atom stereocenters. The topological polar surface area (TPSA) is 40.9 Å². The lowest BCUT2D eigenvalue weighted by Crippen LogP contribution is -2.00. The summed E-state index contributed by atoms with van der Waals surface area (Å²) in [7, 11) is 0. The second-order valence-electron chi connectivity index (χ2n) is 2.39. The molecule has 1 fully saturated rings. The summed E-state index contributed by atoms with van der Waals surface area (Å²) < 4.78 is 0. The van der Waals surface area contributed by atoms with Crippen molar-refractivity contribution < 1.29 is 4.79 Å². The lowest BCUT2D eigenvalue weighted by molar-refractivity contribution is -0.102. The van der Waals surface area contributed by atoms with Crippen molar-refractivity contribution in [3.63, 3.8) is 0 Å². The molecule has 2 heteroatoms. The van der Waals surface area contributed by atoms with E-state index in [-0.39, 0.29) is 5.71 Å². The van der Waals surface area contributed by atoms with E-state index in [1.807, 2.05) is 0 Å². The Kier molecular flexibility index (Phi) is 1.16. The van der Waals surface area contributed by atoms with Gasteiger partial charge in [0, 0.05) is 5.92 Å². The van der Waals surface area contributed by atoms with E-state index in [0.717, 1.165) is 6.42 Å². The largest absolute Gasteiger partial charge is 0.302 e. The molecule has 0 saturated heterocycles. The number of rotatable bonds is 2. The van der Waals surface area contributed by atoms with Crippen LogP contribution in [0.1, 0.15) is 13.3 Å². The Balaban J connectivity index is 2.39. The molecule has 1 saturated carbocycles. The third kappa shape index (κ3) is 0.782. The Morgan fingerprint density at radius 3 is 2.50 bits per heavy atom. The van der Waals surface area contributed by atoms with Crippen LogP contribution in [0.4, 0.5) is 0 Å². The molecule has 44 valence electrons. The maximum atomic E-state index is 9.91. The molecule has 0 aromatic rings. The molecule has 1 aliphatic carbocycles. The third-order valence-corrected chi connectivity index (χ3v) is 1.64. The van der Waals surface area contributed by atoms with Crippen LogP contribution in [0.2, 0.25) is 0 Å². The van der Waals surface area contributed by atoms with Crippen LogP contribution >= 0.6 is 0 Å². The molecular formula is C6H9NO. The highest BCUT2D eigenvalue weighted by atomic mass is 16.1. The lowest BCUT2D eigenvalue weighted by atomic mass is 10.2. The molecule has 0 aliphatic heterocycles. The second kappa shape index (κ2) is 1.69. The summed E-state index contributed by atoms with van der Waals surface area (Å²) >= 11 is 0. The highest BCUT2D eigenvalue weighted by Gasteiger charge is 2.35. The Hall–Kier alpha value is -0.660. The maximum absolute atomic E-state index is 9.91. The number of carbonyl (C=O) groups excluding carboxylic acids is 1. The minimum absolute atomic E-state index is 0.275. The molecule has 0 amide bonds. The van der Waals surface area contributed by atoms with Gasteiger partial charge in [-0.15, -0.1) is 0 Å². The summed E-state index contributed by atoms with van der Waals surface area (Å²) in [6.07, 6.45) is 1.69. The van der Waals surface area contributed by atoms with E-state index in [2.05, 4.69) is 6.92 Å². The van der Waals surface area contributed by atoms with E-state index in [0.29, 0.717) is 18.1 Å². The molecule has 0 bridgehead atoms. The predicted molar refractivity (Wildman–Crippen MR) is 31.1 cm³/mol. The molecule has 0 aromatic carbocycles. The average Bonchev–Trinajstić information content (AvgIpc) is 2.45. The van der Waals surface area contributed by atoms with Crippen molar-refractivity contribution in [3.05, 3.63) is 0 Å². The minimum Gasteiger partial charge on any atom is -0.302 e. The summed E-state index contributed by atoms with van der Waals surface area (Å²) in [5.74, 6) is 0.889.